The Balaban J connectivity index is 1.50. The number of pyridine rings is 1. The molecule has 0 bridgehead atoms. The summed E-state index contributed by atoms with van der Waals surface area (Å²) in [7, 11) is 0. The topological polar surface area (TPSA) is 55.3 Å². The van der Waals surface area contributed by atoms with Gasteiger partial charge in [0, 0.05) is 17.3 Å². The molecule has 3 heterocycles. The van der Waals surface area contributed by atoms with Gasteiger partial charge in [-0.05, 0) is 36.4 Å². The summed E-state index contributed by atoms with van der Waals surface area (Å²) in [5.74, 6) is 0.741. The maximum absolute atomic E-state index is 14.4. The van der Waals surface area contributed by atoms with E-state index >= 15 is 0 Å². The maximum Gasteiger partial charge on any atom is 0.241 e. The summed E-state index contributed by atoms with van der Waals surface area (Å²) in [6.45, 7) is 0.290. The van der Waals surface area contributed by atoms with Crippen molar-refractivity contribution in [1.82, 2.24) is 9.97 Å². The number of halogens is 1. The Morgan fingerprint density at radius 3 is 2.29 bits per heavy atom. The number of carbonyl (C=O) groups is 1. The van der Waals surface area contributed by atoms with Crippen molar-refractivity contribution in [2.24, 2.45) is 0 Å². The van der Waals surface area contributed by atoms with E-state index < -0.39 is 5.92 Å². The van der Waals surface area contributed by atoms with Gasteiger partial charge in [0.25, 0.3) is 0 Å². The van der Waals surface area contributed by atoms with Crippen molar-refractivity contribution < 1.29 is 9.53 Å². The van der Waals surface area contributed by atoms with Crippen molar-refractivity contribution in [1.29, 1.82) is 0 Å². The number of aromatic nitrogens is 2. The third-order valence-corrected chi connectivity index (χ3v) is 7.18. The van der Waals surface area contributed by atoms with Crippen LogP contribution in [0.2, 0.25) is 5.02 Å². The number of amides is 1. The highest BCUT2D eigenvalue weighted by atomic mass is 35.5. The van der Waals surface area contributed by atoms with E-state index in [1.807, 2.05) is 84.9 Å². The molecule has 1 aliphatic heterocycles. The molecule has 3 aromatic carbocycles. The lowest BCUT2D eigenvalue weighted by Crippen LogP contribution is -2.36. The third kappa shape index (κ3) is 3.61. The van der Waals surface area contributed by atoms with Gasteiger partial charge in [0.1, 0.15) is 17.0 Å². The van der Waals surface area contributed by atoms with Crippen LogP contribution in [0.3, 0.4) is 0 Å². The minimum absolute atomic E-state index is 0.0935. The summed E-state index contributed by atoms with van der Waals surface area (Å²) in [6.07, 6.45) is 1.73. The van der Waals surface area contributed by atoms with E-state index in [0.29, 0.717) is 33.7 Å². The number of thiazole rings is 1. The number of hydrogen-bond donors (Lipinski definition) is 0. The average molecular weight is 484 g/mol. The largest absolute Gasteiger partial charge is 0.457 e. The number of ether oxygens (including phenoxy) is 1. The van der Waals surface area contributed by atoms with Gasteiger partial charge in [0.05, 0.1) is 27.9 Å². The Labute approximate surface area is 205 Å². The van der Waals surface area contributed by atoms with Gasteiger partial charge in [-0.15, -0.1) is 0 Å². The molecule has 5 aromatic rings. The highest BCUT2D eigenvalue weighted by Crippen LogP contribution is 2.45. The van der Waals surface area contributed by atoms with Crippen LogP contribution in [-0.4, -0.2) is 15.9 Å². The molecule has 1 amide bonds. The molecule has 166 valence electrons. The van der Waals surface area contributed by atoms with E-state index in [2.05, 4.69) is 4.98 Å². The summed E-state index contributed by atoms with van der Waals surface area (Å²) in [5, 5.41) is 1.15. The number of benzene rings is 3. The average Bonchev–Trinajstić information content (AvgIpc) is 3.31. The highest BCUT2D eigenvalue weighted by molar-refractivity contribution is 7.22. The van der Waals surface area contributed by atoms with Crippen molar-refractivity contribution in [3.8, 4) is 11.5 Å². The molecular formula is C27H18ClN3O2S. The zero-order valence-electron chi connectivity index (χ0n) is 17.9. The van der Waals surface area contributed by atoms with E-state index in [0.717, 1.165) is 21.5 Å². The quantitative estimate of drug-likeness (QED) is 0.281. The fourth-order valence-corrected chi connectivity index (χ4v) is 5.51. The molecule has 7 heteroatoms. The molecule has 0 spiro atoms. The minimum atomic E-state index is -0.535. The second kappa shape index (κ2) is 8.56. The molecule has 6 rings (SSSR count). The zero-order valence-corrected chi connectivity index (χ0v) is 19.5. The van der Waals surface area contributed by atoms with Crippen molar-refractivity contribution in [2.75, 3.05) is 4.90 Å². The van der Waals surface area contributed by atoms with Crippen LogP contribution in [0.1, 0.15) is 22.7 Å². The second-order valence-electron chi connectivity index (χ2n) is 7.94. The number of rotatable bonds is 4. The minimum Gasteiger partial charge on any atom is -0.457 e. The molecule has 0 saturated heterocycles. The van der Waals surface area contributed by atoms with E-state index in [9.17, 15) is 4.79 Å². The predicted octanol–water partition coefficient (Wildman–Crippen LogP) is 6.82. The van der Waals surface area contributed by atoms with Gasteiger partial charge in [-0.2, -0.15) is 0 Å². The number of nitrogens with zero attached hydrogens (tertiary/aromatic N) is 3. The van der Waals surface area contributed by atoms with Crippen LogP contribution >= 0.6 is 22.9 Å². The van der Waals surface area contributed by atoms with Gasteiger partial charge in [0.15, 0.2) is 5.13 Å². The Hall–Kier alpha value is -3.74. The van der Waals surface area contributed by atoms with Crippen molar-refractivity contribution >= 4 is 44.2 Å². The molecule has 34 heavy (non-hydrogen) atoms. The molecule has 1 aliphatic rings. The van der Waals surface area contributed by atoms with Crippen LogP contribution in [0.25, 0.3) is 10.2 Å². The van der Waals surface area contributed by atoms with Crippen LogP contribution < -0.4 is 9.64 Å². The van der Waals surface area contributed by atoms with Crippen molar-refractivity contribution in [2.45, 2.75) is 12.5 Å². The van der Waals surface area contributed by atoms with Crippen LogP contribution in [0, 0.1) is 0 Å². The molecule has 0 radical (unpaired) electrons. The Morgan fingerprint density at radius 1 is 0.912 bits per heavy atom. The first-order valence-electron chi connectivity index (χ1n) is 10.8. The summed E-state index contributed by atoms with van der Waals surface area (Å²) in [4.78, 5) is 25.3. The first kappa shape index (κ1) is 20.8. The monoisotopic (exact) mass is 483 g/mol. The van der Waals surface area contributed by atoms with Crippen molar-refractivity contribution in [3.05, 3.63) is 113 Å². The predicted molar refractivity (Wildman–Crippen MR) is 135 cm³/mol. The number of hydrogen-bond acceptors (Lipinski definition) is 5. The molecule has 5 nitrogen and oxygen atoms in total. The first-order valence-corrected chi connectivity index (χ1v) is 12.0. The van der Waals surface area contributed by atoms with Crippen LogP contribution in [0.5, 0.6) is 11.5 Å². The van der Waals surface area contributed by atoms with Crippen molar-refractivity contribution in [3.63, 3.8) is 0 Å². The molecule has 0 fully saturated rings. The lowest BCUT2D eigenvalue weighted by atomic mass is 9.87. The van der Waals surface area contributed by atoms with Gasteiger partial charge >= 0.3 is 0 Å². The third-order valence-electron chi connectivity index (χ3n) is 5.83. The Morgan fingerprint density at radius 2 is 1.62 bits per heavy atom. The van der Waals surface area contributed by atoms with E-state index in [1.165, 1.54) is 11.3 Å². The fraction of sp³-hybridized carbons (Fsp3) is 0.0741. The van der Waals surface area contributed by atoms with Gasteiger partial charge in [-0.1, -0.05) is 71.5 Å². The van der Waals surface area contributed by atoms with E-state index in [1.54, 1.807) is 11.1 Å². The Bertz CT molecular complexity index is 1470. The summed E-state index contributed by atoms with van der Waals surface area (Å²) < 4.78 is 7.04. The molecule has 0 saturated carbocycles. The molecule has 0 N–H and O–H groups in total. The standard InChI is InChI=1S/C27H18ClN3O2S/c28-20-11-7-14-23-25(20)30-27(34-23)31(16-17-8-5-6-15-29-17)26(32)24-18-9-1-3-12-21(18)33-22-13-4-2-10-19(22)24/h1-15,24H,16H2. The summed E-state index contributed by atoms with van der Waals surface area (Å²) in [5.41, 5.74) is 3.12. The van der Waals surface area contributed by atoms with Gasteiger partial charge in [-0.3, -0.25) is 14.7 Å². The van der Waals surface area contributed by atoms with E-state index in [-0.39, 0.29) is 5.91 Å². The Kier molecular flexibility index (Phi) is 5.24. The zero-order chi connectivity index (χ0) is 23.1. The van der Waals surface area contributed by atoms with Crippen LogP contribution in [0.15, 0.2) is 91.1 Å². The molecule has 0 unspecified atom stereocenters. The number of carbonyl (C=O) groups excluding carboxylic acids is 1. The lowest BCUT2D eigenvalue weighted by molar-refractivity contribution is -0.119. The number of anilines is 1. The normalized spacial score (nSPS) is 12.6. The first-order chi connectivity index (χ1) is 16.7. The lowest BCUT2D eigenvalue weighted by Gasteiger charge is -2.31. The molecule has 0 aliphatic carbocycles. The van der Waals surface area contributed by atoms with Gasteiger partial charge in [-0.25, -0.2) is 4.98 Å². The second-order valence-corrected chi connectivity index (χ2v) is 9.36. The molecular weight excluding hydrogens is 466 g/mol. The fourth-order valence-electron chi connectivity index (χ4n) is 4.24. The SMILES string of the molecule is O=C(C1c2ccccc2Oc2ccccc21)N(Cc1ccccn1)c1nc2c(Cl)cccc2s1. The maximum atomic E-state index is 14.4. The molecule has 2 aromatic heterocycles. The smallest absolute Gasteiger partial charge is 0.241 e. The summed E-state index contributed by atoms with van der Waals surface area (Å²) in [6, 6.07) is 26.7. The molecule has 0 atom stereocenters. The summed E-state index contributed by atoms with van der Waals surface area (Å²) >= 11 is 7.85. The van der Waals surface area contributed by atoms with Crippen LogP contribution in [-0.2, 0) is 11.3 Å². The number of fused-ring (bicyclic) bond motifs is 3. The van der Waals surface area contributed by atoms with E-state index in [4.69, 9.17) is 21.3 Å². The van der Waals surface area contributed by atoms with Gasteiger partial charge < -0.3 is 4.74 Å². The highest BCUT2D eigenvalue weighted by Gasteiger charge is 2.36. The van der Waals surface area contributed by atoms with Crippen LogP contribution in [0.4, 0.5) is 5.13 Å². The number of para-hydroxylation sites is 3. The van der Waals surface area contributed by atoms with Gasteiger partial charge in [0.2, 0.25) is 5.91 Å².